The summed E-state index contributed by atoms with van der Waals surface area (Å²) in [4.78, 5) is 11.5. The standard InChI is InChI=1S/C15H21BrFNO3/c1-15(2,3)21-14(20)18-8-10(9-19)6-11-4-5-12(16)7-13(11)17/h4-5,7,10,19H,6,8-9H2,1-3H3,(H,18,20). The first-order chi connectivity index (χ1) is 9.71. The van der Waals surface area contributed by atoms with Crippen molar-refractivity contribution >= 4 is 22.0 Å². The summed E-state index contributed by atoms with van der Waals surface area (Å²) < 4.78 is 19.5. The van der Waals surface area contributed by atoms with Gasteiger partial charge in [-0.2, -0.15) is 0 Å². The van der Waals surface area contributed by atoms with Crippen LogP contribution < -0.4 is 5.32 Å². The number of hydrogen-bond donors (Lipinski definition) is 2. The number of halogens is 2. The van der Waals surface area contributed by atoms with Crippen molar-refractivity contribution in [2.45, 2.75) is 32.8 Å². The number of nitrogens with one attached hydrogen (secondary N) is 1. The zero-order valence-corrected chi connectivity index (χ0v) is 14.0. The Labute approximate surface area is 132 Å². The highest BCUT2D eigenvalue weighted by Crippen LogP contribution is 2.18. The van der Waals surface area contributed by atoms with E-state index in [0.717, 1.165) is 0 Å². The molecular weight excluding hydrogens is 341 g/mol. The number of amides is 1. The molecule has 1 aromatic carbocycles. The molecule has 1 aromatic rings. The molecular formula is C15H21BrFNO3. The van der Waals surface area contributed by atoms with Gasteiger partial charge in [0.2, 0.25) is 0 Å². The molecule has 2 N–H and O–H groups in total. The first-order valence-electron chi connectivity index (χ1n) is 6.73. The van der Waals surface area contributed by atoms with Crippen molar-refractivity contribution in [3.63, 3.8) is 0 Å². The van der Waals surface area contributed by atoms with Gasteiger partial charge in [-0.3, -0.25) is 0 Å². The van der Waals surface area contributed by atoms with Gasteiger partial charge in [0.25, 0.3) is 0 Å². The minimum absolute atomic E-state index is 0.148. The lowest BCUT2D eigenvalue weighted by atomic mass is 10.00. The number of carbonyl (C=O) groups excluding carboxylic acids is 1. The summed E-state index contributed by atoms with van der Waals surface area (Å²) in [6, 6.07) is 4.79. The number of hydrogen-bond acceptors (Lipinski definition) is 3. The summed E-state index contributed by atoms with van der Waals surface area (Å²) in [6.45, 7) is 5.39. The summed E-state index contributed by atoms with van der Waals surface area (Å²) in [7, 11) is 0. The van der Waals surface area contributed by atoms with Gasteiger partial charge in [-0.25, -0.2) is 9.18 Å². The van der Waals surface area contributed by atoms with Crippen LogP contribution in [0.25, 0.3) is 0 Å². The third kappa shape index (κ3) is 6.91. The Morgan fingerprint density at radius 3 is 2.67 bits per heavy atom. The Balaban J connectivity index is 2.54. The number of carbonyl (C=O) groups is 1. The van der Waals surface area contributed by atoms with E-state index in [0.29, 0.717) is 16.5 Å². The largest absolute Gasteiger partial charge is 0.444 e. The van der Waals surface area contributed by atoms with Gasteiger partial charge in [-0.15, -0.1) is 0 Å². The maximum atomic E-state index is 13.7. The van der Waals surface area contributed by atoms with Crippen molar-refractivity contribution in [1.82, 2.24) is 5.32 Å². The Kier molecular flexibility index (Phi) is 6.61. The van der Waals surface area contributed by atoms with Gasteiger partial charge < -0.3 is 15.2 Å². The van der Waals surface area contributed by atoms with Crippen LogP contribution in [0, 0.1) is 11.7 Å². The highest BCUT2D eigenvalue weighted by molar-refractivity contribution is 9.10. The smallest absolute Gasteiger partial charge is 0.407 e. The number of benzene rings is 1. The number of alkyl carbamates (subject to hydrolysis) is 1. The van der Waals surface area contributed by atoms with Gasteiger partial charge in [0.15, 0.2) is 0 Å². The van der Waals surface area contributed by atoms with Gasteiger partial charge in [-0.1, -0.05) is 22.0 Å². The molecule has 0 aliphatic heterocycles. The van der Waals surface area contributed by atoms with E-state index in [1.165, 1.54) is 6.07 Å². The molecule has 4 nitrogen and oxygen atoms in total. The van der Waals surface area contributed by atoms with E-state index in [1.54, 1.807) is 32.9 Å². The molecule has 0 aliphatic rings. The third-order valence-corrected chi connectivity index (χ3v) is 3.21. The van der Waals surface area contributed by atoms with E-state index < -0.39 is 11.7 Å². The van der Waals surface area contributed by atoms with Crippen molar-refractivity contribution in [2.24, 2.45) is 5.92 Å². The SMILES string of the molecule is CC(C)(C)OC(=O)NCC(CO)Cc1ccc(Br)cc1F. The molecule has 0 bridgehead atoms. The van der Waals surface area contributed by atoms with Crippen molar-refractivity contribution in [3.05, 3.63) is 34.1 Å². The first-order valence-corrected chi connectivity index (χ1v) is 7.52. The van der Waals surface area contributed by atoms with Gasteiger partial charge in [0, 0.05) is 23.5 Å². The zero-order valence-electron chi connectivity index (χ0n) is 12.5. The Hall–Kier alpha value is -1.14. The molecule has 0 radical (unpaired) electrons. The van der Waals surface area contributed by atoms with Crippen LogP contribution in [0.4, 0.5) is 9.18 Å². The summed E-state index contributed by atoms with van der Waals surface area (Å²) >= 11 is 3.19. The molecule has 21 heavy (non-hydrogen) atoms. The van der Waals surface area contributed by atoms with E-state index in [-0.39, 0.29) is 24.9 Å². The molecule has 0 aromatic heterocycles. The van der Waals surface area contributed by atoms with Crippen molar-refractivity contribution < 1.29 is 19.0 Å². The number of aliphatic hydroxyl groups excluding tert-OH is 1. The second kappa shape index (κ2) is 7.75. The summed E-state index contributed by atoms with van der Waals surface area (Å²) in [5.74, 6) is -0.603. The fourth-order valence-electron chi connectivity index (χ4n) is 1.74. The van der Waals surface area contributed by atoms with E-state index in [1.807, 2.05) is 0 Å². The normalized spacial score (nSPS) is 12.9. The molecule has 1 amide bonds. The molecule has 1 rings (SSSR count). The zero-order chi connectivity index (χ0) is 16.0. The van der Waals surface area contributed by atoms with Crippen LogP contribution in [0.15, 0.2) is 22.7 Å². The maximum absolute atomic E-state index is 13.7. The fraction of sp³-hybridized carbons (Fsp3) is 0.533. The monoisotopic (exact) mass is 361 g/mol. The number of ether oxygens (including phenoxy) is 1. The Morgan fingerprint density at radius 1 is 1.48 bits per heavy atom. The first kappa shape index (κ1) is 17.9. The number of rotatable bonds is 5. The molecule has 0 fully saturated rings. The van der Waals surface area contributed by atoms with Crippen molar-refractivity contribution in [1.29, 1.82) is 0 Å². The molecule has 0 saturated heterocycles. The van der Waals surface area contributed by atoms with E-state index in [4.69, 9.17) is 4.74 Å². The lowest BCUT2D eigenvalue weighted by Crippen LogP contribution is -2.36. The lowest BCUT2D eigenvalue weighted by molar-refractivity contribution is 0.0512. The van der Waals surface area contributed by atoms with Crippen molar-refractivity contribution in [3.8, 4) is 0 Å². The minimum atomic E-state index is -0.573. The number of aliphatic hydroxyl groups is 1. The topological polar surface area (TPSA) is 58.6 Å². The van der Waals surface area contributed by atoms with Crippen LogP contribution in [0.5, 0.6) is 0 Å². The average molecular weight is 362 g/mol. The quantitative estimate of drug-likeness (QED) is 0.845. The van der Waals surface area contributed by atoms with Crippen LogP contribution in [0.2, 0.25) is 0 Å². The second-order valence-corrected chi connectivity index (χ2v) is 6.79. The average Bonchev–Trinajstić information content (AvgIpc) is 2.34. The lowest BCUT2D eigenvalue weighted by Gasteiger charge is -2.21. The molecule has 0 heterocycles. The predicted molar refractivity (Wildman–Crippen MR) is 82.6 cm³/mol. The predicted octanol–water partition coefficient (Wildman–Crippen LogP) is 3.26. The molecule has 0 saturated carbocycles. The summed E-state index contributed by atoms with van der Waals surface area (Å²) in [6.07, 6.45) is -0.206. The maximum Gasteiger partial charge on any atom is 0.407 e. The molecule has 1 unspecified atom stereocenters. The molecule has 118 valence electrons. The highest BCUT2D eigenvalue weighted by atomic mass is 79.9. The Bertz CT molecular complexity index is 488. The summed E-state index contributed by atoms with van der Waals surface area (Å²) in [5.41, 5.74) is -0.0698. The van der Waals surface area contributed by atoms with Gasteiger partial charge in [-0.05, 0) is 44.9 Å². The minimum Gasteiger partial charge on any atom is -0.444 e. The van der Waals surface area contributed by atoms with Crippen LogP contribution in [-0.2, 0) is 11.2 Å². The summed E-state index contributed by atoms with van der Waals surface area (Å²) in [5, 5.41) is 11.9. The van der Waals surface area contributed by atoms with Crippen LogP contribution in [0.1, 0.15) is 26.3 Å². The van der Waals surface area contributed by atoms with Gasteiger partial charge in [0.05, 0.1) is 0 Å². The van der Waals surface area contributed by atoms with Crippen LogP contribution in [-0.4, -0.2) is 30.0 Å². The van der Waals surface area contributed by atoms with Crippen molar-refractivity contribution in [2.75, 3.05) is 13.2 Å². The van der Waals surface area contributed by atoms with Gasteiger partial charge in [0.1, 0.15) is 11.4 Å². The molecule has 0 aliphatic carbocycles. The van der Waals surface area contributed by atoms with Gasteiger partial charge >= 0.3 is 6.09 Å². The highest BCUT2D eigenvalue weighted by Gasteiger charge is 2.18. The van der Waals surface area contributed by atoms with E-state index >= 15 is 0 Å². The van der Waals surface area contributed by atoms with E-state index in [2.05, 4.69) is 21.2 Å². The van der Waals surface area contributed by atoms with Crippen LogP contribution in [0.3, 0.4) is 0 Å². The molecule has 1 atom stereocenters. The third-order valence-electron chi connectivity index (χ3n) is 2.72. The second-order valence-electron chi connectivity index (χ2n) is 5.87. The fourth-order valence-corrected chi connectivity index (χ4v) is 2.07. The molecule has 0 spiro atoms. The van der Waals surface area contributed by atoms with E-state index in [9.17, 15) is 14.3 Å². The Morgan fingerprint density at radius 2 is 2.14 bits per heavy atom. The van der Waals surface area contributed by atoms with Crippen LogP contribution >= 0.6 is 15.9 Å². The molecule has 6 heteroatoms.